The number of hydrogen-bond donors (Lipinski definition) is 2. The minimum atomic E-state index is -0.0565. The topological polar surface area (TPSA) is 65.2 Å². The first-order valence-corrected chi connectivity index (χ1v) is 10.3. The largest absolute Gasteiger partial charge is 0.506 e. The fourth-order valence-electron chi connectivity index (χ4n) is 3.16. The maximum atomic E-state index is 10.1. The molecule has 28 heavy (non-hydrogen) atoms. The Morgan fingerprint density at radius 2 is 1.11 bits per heavy atom. The summed E-state index contributed by atoms with van der Waals surface area (Å²) in [7, 11) is 0. The predicted octanol–water partition coefficient (Wildman–Crippen LogP) is 6.56. The summed E-state index contributed by atoms with van der Waals surface area (Å²) < 4.78 is 0. The second kappa shape index (κ2) is 9.36. The van der Waals surface area contributed by atoms with E-state index in [-0.39, 0.29) is 33.6 Å². The Balaban J connectivity index is 1.82. The van der Waals surface area contributed by atoms with Gasteiger partial charge in [0.1, 0.15) is 11.5 Å². The molecule has 1 saturated carbocycles. The van der Waals surface area contributed by atoms with Crippen LogP contribution in [-0.4, -0.2) is 34.7 Å². The van der Waals surface area contributed by atoms with Crippen LogP contribution in [0.3, 0.4) is 0 Å². The molecule has 148 valence electrons. The van der Waals surface area contributed by atoms with Crippen molar-refractivity contribution >= 4 is 58.8 Å². The molecule has 0 heterocycles. The van der Waals surface area contributed by atoms with Crippen molar-refractivity contribution < 1.29 is 10.2 Å². The zero-order chi connectivity index (χ0) is 20.3. The van der Waals surface area contributed by atoms with Crippen molar-refractivity contribution in [3.63, 3.8) is 0 Å². The van der Waals surface area contributed by atoms with Crippen LogP contribution < -0.4 is 0 Å². The van der Waals surface area contributed by atoms with Crippen molar-refractivity contribution in [1.29, 1.82) is 0 Å². The van der Waals surface area contributed by atoms with Crippen molar-refractivity contribution in [2.24, 2.45) is 9.98 Å². The van der Waals surface area contributed by atoms with Crippen LogP contribution in [0.1, 0.15) is 36.8 Å². The van der Waals surface area contributed by atoms with Gasteiger partial charge in [-0.05, 0) is 37.1 Å². The summed E-state index contributed by atoms with van der Waals surface area (Å²) in [5.41, 5.74) is 0.926. The van der Waals surface area contributed by atoms with Gasteiger partial charge >= 0.3 is 0 Å². The third-order valence-corrected chi connectivity index (χ3v) is 5.63. The molecule has 2 unspecified atom stereocenters. The molecule has 1 aliphatic carbocycles. The monoisotopic (exact) mass is 458 g/mol. The van der Waals surface area contributed by atoms with Crippen LogP contribution in [0.2, 0.25) is 20.1 Å². The molecule has 2 aromatic rings. The van der Waals surface area contributed by atoms with Crippen molar-refractivity contribution in [2.45, 2.75) is 37.8 Å². The molecule has 4 nitrogen and oxygen atoms in total. The van der Waals surface area contributed by atoms with E-state index in [1.54, 1.807) is 24.6 Å². The van der Waals surface area contributed by atoms with Gasteiger partial charge in [0.2, 0.25) is 0 Å². The SMILES string of the molecule is Oc1c(Cl)cc(Cl)cc1C=NC1CCCCC1N=Cc1cc(Cl)cc(Cl)c1O. The van der Waals surface area contributed by atoms with Crippen LogP contribution in [0.4, 0.5) is 0 Å². The van der Waals surface area contributed by atoms with E-state index in [1.807, 2.05) is 0 Å². The van der Waals surface area contributed by atoms with Crippen LogP contribution in [0.25, 0.3) is 0 Å². The number of aromatic hydroxyl groups is 2. The fourth-order valence-corrected chi connectivity index (χ4v) is 4.18. The third kappa shape index (κ3) is 5.12. The van der Waals surface area contributed by atoms with Crippen LogP contribution >= 0.6 is 46.4 Å². The highest BCUT2D eigenvalue weighted by molar-refractivity contribution is 6.36. The highest BCUT2D eigenvalue weighted by Crippen LogP contribution is 2.32. The van der Waals surface area contributed by atoms with Crippen LogP contribution in [-0.2, 0) is 0 Å². The molecule has 0 bridgehead atoms. The zero-order valence-electron chi connectivity index (χ0n) is 14.7. The van der Waals surface area contributed by atoms with E-state index in [4.69, 9.17) is 46.4 Å². The second-order valence-corrected chi connectivity index (χ2v) is 8.31. The second-order valence-electron chi connectivity index (χ2n) is 6.63. The van der Waals surface area contributed by atoms with Crippen molar-refractivity contribution in [3.8, 4) is 11.5 Å². The Morgan fingerprint density at radius 1 is 0.714 bits per heavy atom. The van der Waals surface area contributed by atoms with Gasteiger partial charge in [0.05, 0.1) is 22.1 Å². The van der Waals surface area contributed by atoms with Gasteiger partial charge in [-0.15, -0.1) is 0 Å². The van der Waals surface area contributed by atoms with Crippen LogP contribution in [0.5, 0.6) is 11.5 Å². The minimum absolute atomic E-state index is 0.0517. The Labute approximate surface area is 183 Å². The molecule has 0 saturated heterocycles. The smallest absolute Gasteiger partial charge is 0.143 e. The Morgan fingerprint density at radius 3 is 1.50 bits per heavy atom. The molecule has 0 aromatic heterocycles. The van der Waals surface area contributed by atoms with Crippen LogP contribution in [0, 0.1) is 0 Å². The van der Waals surface area contributed by atoms with Gasteiger partial charge < -0.3 is 10.2 Å². The summed E-state index contributed by atoms with van der Waals surface area (Å²) in [6.45, 7) is 0. The van der Waals surface area contributed by atoms with E-state index in [9.17, 15) is 10.2 Å². The van der Waals surface area contributed by atoms with Gasteiger partial charge in [-0.2, -0.15) is 0 Å². The fraction of sp³-hybridized carbons (Fsp3) is 0.300. The van der Waals surface area contributed by atoms with Gasteiger partial charge in [0, 0.05) is 33.6 Å². The lowest BCUT2D eigenvalue weighted by Gasteiger charge is -2.25. The predicted molar refractivity (Wildman–Crippen MR) is 117 cm³/mol. The standard InChI is InChI=1S/C20H18Cl4N2O2/c21-13-5-11(19(27)15(23)7-13)9-25-17-3-1-2-4-18(17)26-10-12-6-14(22)8-16(24)20(12)28/h5-10,17-18,27-28H,1-4H2. The lowest BCUT2D eigenvalue weighted by Crippen LogP contribution is -2.27. The van der Waals surface area contributed by atoms with E-state index in [2.05, 4.69) is 9.98 Å². The van der Waals surface area contributed by atoms with Gasteiger partial charge in [-0.25, -0.2) is 0 Å². The average Bonchev–Trinajstić information content (AvgIpc) is 2.65. The number of benzene rings is 2. The lowest BCUT2D eigenvalue weighted by molar-refractivity contribution is 0.390. The molecule has 1 fully saturated rings. The first kappa shape index (κ1) is 21.3. The molecular weight excluding hydrogens is 442 g/mol. The molecule has 0 aliphatic heterocycles. The number of rotatable bonds is 4. The Hall–Kier alpha value is -1.46. The average molecular weight is 460 g/mol. The summed E-state index contributed by atoms with van der Waals surface area (Å²) in [5, 5.41) is 21.4. The zero-order valence-corrected chi connectivity index (χ0v) is 17.8. The number of halogens is 4. The van der Waals surface area contributed by atoms with E-state index in [1.165, 1.54) is 12.1 Å². The number of nitrogens with zero attached hydrogens (tertiary/aromatic N) is 2. The molecular formula is C20H18Cl4N2O2. The summed E-state index contributed by atoms with van der Waals surface area (Å²) in [6.07, 6.45) is 7.00. The number of aliphatic imine (C=N–C) groups is 2. The molecule has 1 aliphatic rings. The molecule has 3 rings (SSSR count). The first-order chi connectivity index (χ1) is 13.3. The van der Waals surface area contributed by atoms with Gasteiger partial charge in [-0.1, -0.05) is 59.2 Å². The number of hydrogen-bond acceptors (Lipinski definition) is 4. The maximum Gasteiger partial charge on any atom is 0.143 e. The van der Waals surface area contributed by atoms with E-state index in [0.717, 1.165) is 25.7 Å². The summed E-state index contributed by atoms with van der Waals surface area (Å²) in [6, 6.07) is 6.06. The van der Waals surface area contributed by atoms with E-state index >= 15 is 0 Å². The highest BCUT2D eigenvalue weighted by Gasteiger charge is 2.23. The third-order valence-electron chi connectivity index (χ3n) is 4.62. The van der Waals surface area contributed by atoms with E-state index < -0.39 is 0 Å². The Bertz CT molecular complexity index is 855. The van der Waals surface area contributed by atoms with Crippen LogP contribution in [0.15, 0.2) is 34.3 Å². The van der Waals surface area contributed by atoms with Gasteiger partial charge in [-0.3, -0.25) is 9.98 Å². The quantitative estimate of drug-likeness (QED) is 0.508. The highest BCUT2D eigenvalue weighted by atomic mass is 35.5. The van der Waals surface area contributed by atoms with Gasteiger partial charge in [0.25, 0.3) is 0 Å². The van der Waals surface area contributed by atoms with Gasteiger partial charge in [0.15, 0.2) is 0 Å². The lowest BCUT2D eigenvalue weighted by atomic mass is 9.91. The Kier molecular flexibility index (Phi) is 7.10. The number of phenols is 2. The maximum absolute atomic E-state index is 10.1. The number of phenolic OH excluding ortho intramolecular Hbond substituents is 2. The van der Waals surface area contributed by atoms with Crippen molar-refractivity contribution in [2.75, 3.05) is 0 Å². The summed E-state index contributed by atoms with van der Waals surface area (Å²) >= 11 is 23.9. The molecule has 0 radical (unpaired) electrons. The first-order valence-electron chi connectivity index (χ1n) is 8.77. The molecule has 8 heteroatoms. The molecule has 0 amide bonds. The van der Waals surface area contributed by atoms with E-state index in [0.29, 0.717) is 21.2 Å². The summed E-state index contributed by atoms with van der Waals surface area (Å²) in [5.74, 6) is -0.103. The van der Waals surface area contributed by atoms with Crippen molar-refractivity contribution in [3.05, 3.63) is 55.5 Å². The normalized spacial score (nSPS) is 20.3. The molecule has 2 aromatic carbocycles. The van der Waals surface area contributed by atoms with Crippen molar-refractivity contribution in [1.82, 2.24) is 0 Å². The molecule has 2 N–H and O–H groups in total. The minimum Gasteiger partial charge on any atom is -0.506 e. The molecule has 2 atom stereocenters. The molecule has 0 spiro atoms. The summed E-state index contributed by atoms with van der Waals surface area (Å²) in [4.78, 5) is 9.23.